The first-order valence-corrected chi connectivity index (χ1v) is 5.42. The standard InChI is InChI=1S/C12H12N2O3/c15-11(16)9-7-17-12(13-9)14-6-5-8-3-1-2-4-10(8)14/h1-6,9,12-13H,7H2,(H,15,16)/t9-,12?/m1/s1. The molecular formula is C12H12N2O3. The van der Waals surface area contributed by atoms with Crippen LogP contribution in [0.25, 0.3) is 10.9 Å². The van der Waals surface area contributed by atoms with E-state index in [-0.39, 0.29) is 6.61 Å². The van der Waals surface area contributed by atoms with E-state index < -0.39 is 18.4 Å². The Hall–Kier alpha value is -1.85. The molecule has 88 valence electrons. The molecule has 1 aliphatic rings. The number of nitrogens with one attached hydrogen (secondary N) is 1. The van der Waals surface area contributed by atoms with Gasteiger partial charge in [-0.05, 0) is 17.5 Å². The predicted octanol–water partition coefficient (Wildman–Crippen LogP) is 1.17. The summed E-state index contributed by atoms with van der Waals surface area (Å²) in [6.07, 6.45) is 1.49. The molecule has 2 heterocycles. The van der Waals surface area contributed by atoms with Crippen LogP contribution in [0, 0.1) is 0 Å². The number of hydrogen-bond donors (Lipinski definition) is 2. The molecule has 1 saturated heterocycles. The van der Waals surface area contributed by atoms with Gasteiger partial charge in [-0.1, -0.05) is 18.2 Å². The molecule has 0 saturated carbocycles. The van der Waals surface area contributed by atoms with Crippen molar-refractivity contribution in [1.82, 2.24) is 9.88 Å². The topological polar surface area (TPSA) is 63.5 Å². The summed E-state index contributed by atoms with van der Waals surface area (Å²) in [6.45, 7) is 0.187. The van der Waals surface area contributed by atoms with Crippen molar-refractivity contribution in [2.75, 3.05) is 6.61 Å². The molecule has 0 aliphatic carbocycles. The molecule has 2 N–H and O–H groups in total. The molecule has 1 unspecified atom stereocenters. The molecule has 5 nitrogen and oxygen atoms in total. The predicted molar refractivity (Wildman–Crippen MR) is 61.5 cm³/mol. The van der Waals surface area contributed by atoms with E-state index >= 15 is 0 Å². The zero-order valence-corrected chi connectivity index (χ0v) is 9.04. The monoisotopic (exact) mass is 232 g/mol. The Morgan fingerprint density at radius 2 is 2.24 bits per heavy atom. The summed E-state index contributed by atoms with van der Waals surface area (Å²) < 4.78 is 7.35. The van der Waals surface area contributed by atoms with E-state index in [9.17, 15) is 4.79 Å². The Balaban J connectivity index is 1.93. The van der Waals surface area contributed by atoms with Crippen LogP contribution in [0.4, 0.5) is 0 Å². The Bertz CT molecular complexity index is 564. The Labute approximate surface area is 97.6 Å². The largest absolute Gasteiger partial charge is 0.480 e. The molecule has 1 aromatic carbocycles. The summed E-state index contributed by atoms with van der Waals surface area (Å²) in [5, 5.41) is 12.9. The third-order valence-electron chi connectivity index (χ3n) is 2.94. The number of aromatic nitrogens is 1. The maximum atomic E-state index is 10.8. The maximum absolute atomic E-state index is 10.8. The molecule has 0 radical (unpaired) electrons. The first-order valence-electron chi connectivity index (χ1n) is 5.42. The van der Waals surface area contributed by atoms with Crippen LogP contribution in [0.3, 0.4) is 0 Å². The average Bonchev–Trinajstić information content (AvgIpc) is 2.95. The molecule has 2 atom stereocenters. The van der Waals surface area contributed by atoms with Gasteiger partial charge in [0.15, 0.2) is 6.35 Å². The number of benzene rings is 1. The van der Waals surface area contributed by atoms with Gasteiger partial charge in [-0.15, -0.1) is 0 Å². The molecular weight excluding hydrogens is 220 g/mol. The molecule has 17 heavy (non-hydrogen) atoms. The number of ether oxygens (including phenoxy) is 1. The highest BCUT2D eigenvalue weighted by atomic mass is 16.5. The summed E-state index contributed by atoms with van der Waals surface area (Å²) in [5.41, 5.74) is 1.02. The van der Waals surface area contributed by atoms with Gasteiger partial charge in [0.2, 0.25) is 0 Å². The van der Waals surface area contributed by atoms with Gasteiger partial charge >= 0.3 is 5.97 Å². The molecule has 0 amide bonds. The van der Waals surface area contributed by atoms with Crippen molar-refractivity contribution in [1.29, 1.82) is 0 Å². The average molecular weight is 232 g/mol. The number of carboxylic acids is 1. The van der Waals surface area contributed by atoms with Crippen LogP contribution in [0.15, 0.2) is 36.5 Å². The number of aliphatic carboxylic acids is 1. The summed E-state index contributed by atoms with van der Waals surface area (Å²) in [7, 11) is 0. The number of rotatable bonds is 2. The first kappa shape index (κ1) is 10.3. The van der Waals surface area contributed by atoms with Gasteiger partial charge in [-0.2, -0.15) is 0 Å². The number of carbonyl (C=O) groups is 1. The minimum atomic E-state index is -0.885. The highest BCUT2D eigenvalue weighted by Gasteiger charge is 2.30. The van der Waals surface area contributed by atoms with E-state index in [0.717, 1.165) is 10.9 Å². The number of nitrogens with zero attached hydrogens (tertiary/aromatic N) is 1. The Kier molecular flexibility index (Phi) is 2.35. The third kappa shape index (κ3) is 1.69. The third-order valence-corrected chi connectivity index (χ3v) is 2.94. The van der Waals surface area contributed by atoms with E-state index in [1.165, 1.54) is 0 Å². The van der Waals surface area contributed by atoms with Crippen LogP contribution in [0.1, 0.15) is 6.35 Å². The van der Waals surface area contributed by atoms with Crippen LogP contribution >= 0.6 is 0 Å². The summed E-state index contributed by atoms with van der Waals surface area (Å²) in [5.74, 6) is -0.885. The van der Waals surface area contributed by atoms with Crippen LogP contribution in [-0.2, 0) is 9.53 Å². The zero-order valence-electron chi connectivity index (χ0n) is 9.04. The van der Waals surface area contributed by atoms with Gasteiger partial charge < -0.3 is 14.4 Å². The molecule has 1 aliphatic heterocycles. The second kappa shape index (κ2) is 3.87. The fraction of sp³-hybridized carbons (Fsp3) is 0.250. The van der Waals surface area contributed by atoms with E-state index in [1.54, 1.807) is 0 Å². The normalized spacial score (nSPS) is 24.2. The van der Waals surface area contributed by atoms with E-state index in [2.05, 4.69) is 5.32 Å². The van der Waals surface area contributed by atoms with Crippen LogP contribution in [-0.4, -0.2) is 28.3 Å². The van der Waals surface area contributed by atoms with Crippen molar-refractivity contribution >= 4 is 16.9 Å². The minimum Gasteiger partial charge on any atom is -0.480 e. The molecule has 5 heteroatoms. The number of fused-ring (bicyclic) bond motifs is 1. The molecule has 2 aromatic rings. The lowest BCUT2D eigenvalue weighted by molar-refractivity contribution is -0.139. The van der Waals surface area contributed by atoms with Gasteiger partial charge in [0.1, 0.15) is 6.04 Å². The van der Waals surface area contributed by atoms with Crippen LogP contribution in [0.5, 0.6) is 0 Å². The fourth-order valence-electron chi connectivity index (χ4n) is 2.07. The van der Waals surface area contributed by atoms with Crippen molar-refractivity contribution in [3.8, 4) is 0 Å². The van der Waals surface area contributed by atoms with Crippen molar-refractivity contribution in [2.45, 2.75) is 12.4 Å². The highest BCUT2D eigenvalue weighted by molar-refractivity contribution is 5.80. The van der Waals surface area contributed by atoms with Crippen LogP contribution < -0.4 is 5.32 Å². The first-order chi connectivity index (χ1) is 8.25. The minimum absolute atomic E-state index is 0.187. The van der Waals surface area contributed by atoms with E-state index in [1.807, 2.05) is 41.1 Å². The number of para-hydroxylation sites is 1. The van der Waals surface area contributed by atoms with Crippen molar-refractivity contribution in [3.05, 3.63) is 36.5 Å². The lowest BCUT2D eigenvalue weighted by Gasteiger charge is -2.13. The van der Waals surface area contributed by atoms with Crippen molar-refractivity contribution < 1.29 is 14.6 Å². The van der Waals surface area contributed by atoms with Crippen molar-refractivity contribution in [2.24, 2.45) is 0 Å². The van der Waals surface area contributed by atoms with Gasteiger partial charge in [0, 0.05) is 6.20 Å². The second-order valence-electron chi connectivity index (χ2n) is 4.03. The molecule has 0 bridgehead atoms. The maximum Gasteiger partial charge on any atom is 0.323 e. The summed E-state index contributed by atoms with van der Waals surface area (Å²) in [6, 6.07) is 9.25. The van der Waals surface area contributed by atoms with Crippen molar-refractivity contribution in [3.63, 3.8) is 0 Å². The molecule has 1 fully saturated rings. The molecule has 3 rings (SSSR count). The molecule has 1 aromatic heterocycles. The lowest BCUT2D eigenvalue weighted by Crippen LogP contribution is -2.35. The van der Waals surface area contributed by atoms with Gasteiger partial charge in [-0.25, -0.2) is 0 Å². The Morgan fingerprint density at radius 3 is 3.00 bits per heavy atom. The van der Waals surface area contributed by atoms with E-state index in [0.29, 0.717) is 0 Å². The summed E-state index contributed by atoms with van der Waals surface area (Å²) in [4.78, 5) is 10.8. The highest BCUT2D eigenvalue weighted by Crippen LogP contribution is 2.22. The second-order valence-corrected chi connectivity index (χ2v) is 4.03. The van der Waals surface area contributed by atoms with Gasteiger partial charge in [0.25, 0.3) is 0 Å². The fourth-order valence-corrected chi connectivity index (χ4v) is 2.07. The molecule has 0 spiro atoms. The Morgan fingerprint density at radius 1 is 1.41 bits per heavy atom. The van der Waals surface area contributed by atoms with Gasteiger partial charge in [-0.3, -0.25) is 10.1 Å². The SMILES string of the molecule is O=C(O)[C@H]1COC(n2ccc3ccccc32)N1. The quantitative estimate of drug-likeness (QED) is 0.815. The van der Waals surface area contributed by atoms with Gasteiger partial charge in [0.05, 0.1) is 12.1 Å². The van der Waals surface area contributed by atoms with E-state index in [4.69, 9.17) is 9.84 Å². The zero-order chi connectivity index (χ0) is 11.8. The van der Waals surface area contributed by atoms with Crippen LogP contribution in [0.2, 0.25) is 0 Å². The number of carboxylic acid groups (broad SMARTS) is 1. The smallest absolute Gasteiger partial charge is 0.323 e. The number of hydrogen-bond acceptors (Lipinski definition) is 3. The summed E-state index contributed by atoms with van der Waals surface area (Å²) >= 11 is 0. The lowest BCUT2D eigenvalue weighted by atomic mass is 10.2.